The van der Waals surface area contributed by atoms with E-state index in [2.05, 4.69) is 19.2 Å². The van der Waals surface area contributed by atoms with E-state index in [4.69, 9.17) is 0 Å². The highest BCUT2D eigenvalue weighted by Gasteiger charge is 2.39. The van der Waals surface area contributed by atoms with Crippen LogP contribution < -0.4 is 5.32 Å². The van der Waals surface area contributed by atoms with E-state index in [1.165, 1.54) is 6.04 Å². The lowest BCUT2D eigenvalue weighted by Gasteiger charge is -2.28. The number of carbonyl (C=O) groups excluding carboxylic acids is 1. The number of ketones is 1. The molecule has 0 amide bonds. The van der Waals surface area contributed by atoms with Crippen molar-refractivity contribution in [2.75, 3.05) is 12.7 Å². The van der Waals surface area contributed by atoms with Crippen LogP contribution in [-0.2, 0) is 0 Å². The van der Waals surface area contributed by atoms with Gasteiger partial charge in [-0.15, -0.1) is 0 Å². The Kier molecular flexibility index (Phi) is 3.26. The first kappa shape index (κ1) is 11.5. The first-order chi connectivity index (χ1) is 7.62. The summed E-state index contributed by atoms with van der Waals surface area (Å²) in [4.78, 5) is 12.5. The number of rotatable bonds is 3. The van der Waals surface area contributed by atoms with Gasteiger partial charge in [0.15, 0.2) is 5.78 Å². The van der Waals surface area contributed by atoms with Crippen molar-refractivity contribution in [2.45, 2.75) is 24.9 Å². The lowest BCUT2D eigenvalue weighted by molar-refractivity contribution is 0.0946. The van der Waals surface area contributed by atoms with E-state index in [1.54, 1.807) is 0 Å². The minimum Gasteiger partial charge on any atom is -0.320 e. The highest BCUT2D eigenvalue weighted by atomic mass is 28.3. The Morgan fingerprint density at radius 1 is 1.31 bits per heavy atom. The molecule has 1 aliphatic rings. The fraction of sp³-hybridized carbons (Fsp3) is 0.462. The summed E-state index contributed by atoms with van der Waals surface area (Å²) in [5.41, 5.74) is 0.868. The monoisotopic (exact) mass is 233 g/mol. The Labute approximate surface area is 98.7 Å². The number of hydrogen-bond acceptors (Lipinski definition) is 2. The van der Waals surface area contributed by atoms with Crippen molar-refractivity contribution in [3.63, 3.8) is 0 Å². The van der Waals surface area contributed by atoms with Crippen molar-refractivity contribution >= 4 is 14.6 Å². The maximum absolute atomic E-state index is 12.5. The molecule has 1 aliphatic heterocycles. The fourth-order valence-electron chi connectivity index (χ4n) is 2.42. The topological polar surface area (TPSA) is 29.1 Å². The second kappa shape index (κ2) is 4.51. The molecule has 2 rings (SSSR count). The van der Waals surface area contributed by atoms with Crippen molar-refractivity contribution in [1.82, 2.24) is 5.32 Å². The molecule has 3 heteroatoms. The van der Waals surface area contributed by atoms with Gasteiger partial charge >= 0.3 is 0 Å². The molecule has 0 radical (unpaired) electrons. The summed E-state index contributed by atoms with van der Waals surface area (Å²) in [5, 5.41) is 3.27. The maximum atomic E-state index is 12.5. The number of Topliss-reactive ketones (excluding diaryl/α,β-unsaturated/α-hetero) is 1. The predicted molar refractivity (Wildman–Crippen MR) is 69.6 cm³/mol. The molecule has 0 saturated carbocycles. The second-order valence-electron chi connectivity index (χ2n) is 5.11. The summed E-state index contributed by atoms with van der Waals surface area (Å²) in [7, 11) is -0.978. The highest BCUT2D eigenvalue weighted by molar-refractivity contribution is 6.68. The largest absolute Gasteiger partial charge is 0.320 e. The van der Waals surface area contributed by atoms with Crippen molar-refractivity contribution in [2.24, 2.45) is 0 Å². The molecule has 1 aromatic rings. The smallest absolute Gasteiger partial charge is 0.165 e. The van der Waals surface area contributed by atoms with E-state index in [0.29, 0.717) is 5.78 Å². The second-order valence-corrected chi connectivity index (χ2v) is 8.93. The highest BCUT2D eigenvalue weighted by Crippen LogP contribution is 2.35. The fourth-order valence-corrected chi connectivity index (χ4v) is 5.50. The third-order valence-electron chi connectivity index (χ3n) is 3.70. The first-order valence-corrected chi connectivity index (χ1v) is 8.14. The van der Waals surface area contributed by atoms with E-state index in [1.807, 2.05) is 30.3 Å². The van der Waals surface area contributed by atoms with Gasteiger partial charge in [-0.25, -0.2) is 0 Å². The minimum atomic E-state index is -0.978. The van der Waals surface area contributed by atoms with Crippen LogP contribution in [0.3, 0.4) is 0 Å². The quantitative estimate of drug-likeness (QED) is 0.639. The molecule has 1 N–H and O–H groups in total. The van der Waals surface area contributed by atoms with Gasteiger partial charge in [0.1, 0.15) is 0 Å². The van der Waals surface area contributed by atoms with E-state index in [-0.39, 0.29) is 5.04 Å². The van der Waals surface area contributed by atoms with Crippen LogP contribution in [0, 0.1) is 0 Å². The summed E-state index contributed by atoms with van der Waals surface area (Å²) in [6, 6.07) is 10.9. The number of nitrogens with one attached hydrogen (secondary N) is 1. The third-order valence-corrected chi connectivity index (χ3v) is 7.77. The lowest BCUT2D eigenvalue weighted by Crippen LogP contribution is -2.36. The van der Waals surface area contributed by atoms with Gasteiger partial charge in [0.2, 0.25) is 0 Å². The number of hydrogen-bond donors (Lipinski definition) is 1. The predicted octanol–water partition coefficient (Wildman–Crippen LogP) is 2.02. The summed E-state index contributed by atoms with van der Waals surface area (Å²) >= 11 is 0. The Hall–Kier alpha value is -0.933. The summed E-state index contributed by atoms with van der Waals surface area (Å²) in [5.74, 6) is 0.327. The van der Waals surface area contributed by atoms with E-state index in [0.717, 1.165) is 18.3 Å². The van der Waals surface area contributed by atoms with Crippen LogP contribution in [0.1, 0.15) is 24.2 Å². The van der Waals surface area contributed by atoms with Crippen molar-refractivity contribution in [3.8, 4) is 0 Å². The first-order valence-electron chi connectivity index (χ1n) is 5.93. The molecular formula is C13H19NOSi. The molecule has 1 aromatic carbocycles. The van der Waals surface area contributed by atoms with E-state index >= 15 is 0 Å². The van der Waals surface area contributed by atoms with Crippen LogP contribution >= 0.6 is 0 Å². The van der Waals surface area contributed by atoms with Crippen LogP contribution in [0.4, 0.5) is 0 Å². The van der Waals surface area contributed by atoms with E-state index < -0.39 is 8.80 Å². The summed E-state index contributed by atoms with van der Waals surface area (Å²) in [6.07, 6.45) is 1.10. The van der Waals surface area contributed by atoms with Crippen molar-refractivity contribution in [1.29, 1.82) is 0 Å². The summed E-state index contributed by atoms with van der Waals surface area (Å²) < 4.78 is 0. The molecule has 16 heavy (non-hydrogen) atoms. The Balaban J connectivity index is 2.20. The number of benzene rings is 1. The van der Waals surface area contributed by atoms with Gasteiger partial charge in [-0.3, -0.25) is 4.79 Å². The molecular weight excluding hydrogens is 214 g/mol. The Bertz CT molecular complexity index is 369. The molecule has 1 saturated heterocycles. The molecule has 0 aromatic heterocycles. The van der Waals surface area contributed by atoms with Gasteiger partial charge in [-0.2, -0.15) is 0 Å². The molecule has 0 bridgehead atoms. The standard InChI is InChI=1S/C13H19NOSi/c1-13(2,16-9-8-14-10-16)12(15)11-6-4-3-5-7-11/h3-7,14,16H,8-10H2,1-2H3/t16-/m1/s1. The molecule has 86 valence electrons. The average molecular weight is 233 g/mol. The van der Waals surface area contributed by atoms with Gasteiger partial charge in [0.05, 0.1) is 8.80 Å². The minimum absolute atomic E-state index is 0.120. The van der Waals surface area contributed by atoms with Gasteiger partial charge in [0.25, 0.3) is 0 Å². The zero-order chi connectivity index (χ0) is 11.6. The molecule has 1 heterocycles. The Morgan fingerprint density at radius 3 is 2.56 bits per heavy atom. The molecule has 0 spiro atoms. The summed E-state index contributed by atoms with van der Waals surface area (Å²) in [6.45, 7) is 5.36. The van der Waals surface area contributed by atoms with Crippen LogP contribution in [0.25, 0.3) is 0 Å². The SMILES string of the molecule is CC(C)(C(=O)c1ccccc1)[Si@@H]1CCNC1. The average Bonchev–Trinajstić information content (AvgIpc) is 2.83. The van der Waals surface area contributed by atoms with Gasteiger partial charge in [-0.1, -0.05) is 44.2 Å². The Morgan fingerprint density at radius 2 is 2.00 bits per heavy atom. The zero-order valence-corrected chi connectivity index (χ0v) is 11.1. The van der Waals surface area contributed by atoms with Gasteiger partial charge in [-0.05, 0) is 18.8 Å². The molecule has 1 fully saturated rings. The lowest BCUT2D eigenvalue weighted by atomic mass is 10.0. The van der Waals surface area contributed by atoms with Crippen molar-refractivity contribution < 1.29 is 4.79 Å². The maximum Gasteiger partial charge on any atom is 0.165 e. The van der Waals surface area contributed by atoms with Crippen LogP contribution in [0.5, 0.6) is 0 Å². The molecule has 0 aliphatic carbocycles. The van der Waals surface area contributed by atoms with Crippen LogP contribution in [0.15, 0.2) is 30.3 Å². The van der Waals surface area contributed by atoms with Gasteiger partial charge < -0.3 is 5.32 Å². The third kappa shape index (κ3) is 2.10. The molecule has 0 unspecified atom stereocenters. The zero-order valence-electron chi connectivity index (χ0n) is 9.99. The van der Waals surface area contributed by atoms with Crippen LogP contribution in [-0.4, -0.2) is 27.3 Å². The van der Waals surface area contributed by atoms with Crippen LogP contribution in [0.2, 0.25) is 11.1 Å². The van der Waals surface area contributed by atoms with E-state index in [9.17, 15) is 4.79 Å². The molecule has 2 nitrogen and oxygen atoms in total. The van der Waals surface area contributed by atoms with Gasteiger partial charge in [0, 0.05) is 10.6 Å². The normalized spacial score (nSPS) is 21.0. The number of carbonyl (C=O) groups is 1. The molecule has 1 atom stereocenters. The van der Waals surface area contributed by atoms with Crippen molar-refractivity contribution in [3.05, 3.63) is 35.9 Å².